The Morgan fingerprint density at radius 1 is 0.952 bits per heavy atom. The first-order valence-electron chi connectivity index (χ1n) is 7.71. The quantitative estimate of drug-likeness (QED) is 0.746. The largest absolute Gasteiger partial charge is 0.368 e. The third kappa shape index (κ3) is 9.62. The van der Waals surface area contributed by atoms with E-state index in [1.807, 2.05) is 13.8 Å². The highest BCUT2D eigenvalue weighted by atomic mass is 16.5. The van der Waals surface area contributed by atoms with Crippen LogP contribution in [0.1, 0.15) is 74.7 Å². The van der Waals surface area contributed by atoms with Crippen LogP contribution in [0.3, 0.4) is 0 Å². The van der Waals surface area contributed by atoms with E-state index in [4.69, 9.17) is 4.74 Å². The van der Waals surface area contributed by atoms with Crippen LogP contribution in [-0.4, -0.2) is 29.4 Å². The number of hydrogen-bond acceptors (Lipinski definition) is 3. The number of ketones is 1. The van der Waals surface area contributed by atoms with Gasteiger partial charge in [-0.3, -0.25) is 9.59 Å². The molecule has 4 nitrogen and oxygen atoms in total. The highest BCUT2D eigenvalue weighted by Crippen LogP contribution is 2.21. The maximum absolute atomic E-state index is 12.0. The number of carbonyl (C=O) groups excluding carboxylic acids is 2. The van der Waals surface area contributed by atoms with E-state index in [0.717, 1.165) is 6.42 Å². The van der Waals surface area contributed by atoms with E-state index in [9.17, 15) is 9.59 Å². The molecule has 0 aromatic carbocycles. The van der Waals surface area contributed by atoms with Crippen LogP contribution in [0.2, 0.25) is 0 Å². The number of amides is 1. The molecule has 0 heterocycles. The Kier molecular flexibility index (Phi) is 7.07. The summed E-state index contributed by atoms with van der Waals surface area (Å²) in [5.74, 6) is 0.0790. The second kappa shape index (κ2) is 7.39. The summed E-state index contributed by atoms with van der Waals surface area (Å²) in [7, 11) is 0. The van der Waals surface area contributed by atoms with E-state index < -0.39 is 5.60 Å². The SMILES string of the molecule is CC(=O)C(C)(C)OCCC(C)(C)NC(=O)CCC(C)(C)C. The molecule has 0 aromatic heterocycles. The number of Topliss-reactive ketones (excluding diaryl/α,β-unsaturated/α-hetero) is 1. The van der Waals surface area contributed by atoms with Crippen LogP contribution in [0.4, 0.5) is 0 Å². The summed E-state index contributed by atoms with van der Waals surface area (Å²) in [5, 5.41) is 3.04. The van der Waals surface area contributed by atoms with E-state index in [2.05, 4.69) is 26.1 Å². The van der Waals surface area contributed by atoms with Crippen LogP contribution >= 0.6 is 0 Å². The molecular weight excluding hydrogens is 266 g/mol. The Morgan fingerprint density at radius 2 is 1.48 bits per heavy atom. The normalized spacial score (nSPS) is 13.1. The van der Waals surface area contributed by atoms with Gasteiger partial charge in [-0.2, -0.15) is 0 Å². The van der Waals surface area contributed by atoms with Crippen molar-refractivity contribution in [3.63, 3.8) is 0 Å². The van der Waals surface area contributed by atoms with Gasteiger partial charge >= 0.3 is 0 Å². The van der Waals surface area contributed by atoms with Crippen LogP contribution in [0.15, 0.2) is 0 Å². The van der Waals surface area contributed by atoms with E-state index in [-0.39, 0.29) is 22.6 Å². The highest BCUT2D eigenvalue weighted by Gasteiger charge is 2.27. The number of hydrogen-bond donors (Lipinski definition) is 1. The molecule has 1 N–H and O–H groups in total. The summed E-state index contributed by atoms with van der Waals surface area (Å²) in [5.41, 5.74) is -0.926. The fourth-order valence-corrected chi connectivity index (χ4v) is 1.65. The van der Waals surface area contributed by atoms with E-state index in [0.29, 0.717) is 19.4 Å². The topological polar surface area (TPSA) is 55.4 Å². The molecule has 0 radical (unpaired) electrons. The van der Waals surface area contributed by atoms with Gasteiger partial charge in [0.2, 0.25) is 5.91 Å². The Bertz CT molecular complexity index is 365. The lowest BCUT2D eigenvalue weighted by Crippen LogP contribution is -2.45. The Labute approximate surface area is 130 Å². The van der Waals surface area contributed by atoms with Crippen molar-refractivity contribution >= 4 is 11.7 Å². The molecule has 0 aliphatic carbocycles. The van der Waals surface area contributed by atoms with Gasteiger partial charge in [0.15, 0.2) is 5.78 Å². The molecule has 0 saturated carbocycles. The van der Waals surface area contributed by atoms with Gasteiger partial charge < -0.3 is 10.1 Å². The molecule has 0 atom stereocenters. The molecule has 0 spiro atoms. The molecule has 0 bridgehead atoms. The molecule has 21 heavy (non-hydrogen) atoms. The zero-order chi connectivity index (χ0) is 16.9. The first kappa shape index (κ1) is 20.1. The minimum absolute atomic E-state index is 0.00881. The fraction of sp³-hybridized carbons (Fsp3) is 0.882. The lowest BCUT2D eigenvalue weighted by atomic mass is 9.90. The predicted molar refractivity (Wildman–Crippen MR) is 86.2 cm³/mol. The number of carbonyl (C=O) groups is 2. The van der Waals surface area contributed by atoms with Crippen molar-refractivity contribution in [1.29, 1.82) is 0 Å². The molecule has 0 unspecified atom stereocenters. The summed E-state index contributed by atoms with van der Waals surface area (Å²) < 4.78 is 5.62. The molecule has 0 aromatic rings. The number of ether oxygens (including phenoxy) is 1. The molecule has 0 rings (SSSR count). The van der Waals surface area contributed by atoms with Crippen LogP contribution < -0.4 is 5.32 Å². The first-order chi connectivity index (χ1) is 9.25. The van der Waals surface area contributed by atoms with Crippen molar-refractivity contribution in [2.45, 2.75) is 85.8 Å². The third-order valence-corrected chi connectivity index (χ3v) is 3.62. The minimum atomic E-state index is -0.758. The zero-order valence-electron chi connectivity index (χ0n) is 15.1. The van der Waals surface area contributed by atoms with Crippen LogP contribution in [0, 0.1) is 5.41 Å². The summed E-state index contributed by atoms with van der Waals surface area (Å²) in [6.07, 6.45) is 2.07. The molecule has 0 saturated heterocycles. The van der Waals surface area contributed by atoms with Gasteiger partial charge in [0, 0.05) is 12.0 Å². The van der Waals surface area contributed by atoms with Crippen molar-refractivity contribution in [1.82, 2.24) is 5.32 Å². The van der Waals surface area contributed by atoms with E-state index in [1.54, 1.807) is 13.8 Å². The number of nitrogens with one attached hydrogen (secondary N) is 1. The summed E-state index contributed by atoms with van der Waals surface area (Å²) in [6.45, 7) is 15.8. The Balaban J connectivity index is 4.20. The zero-order valence-corrected chi connectivity index (χ0v) is 15.1. The lowest BCUT2D eigenvalue weighted by Gasteiger charge is -2.29. The third-order valence-electron chi connectivity index (χ3n) is 3.62. The molecular formula is C17H33NO3. The van der Waals surface area contributed by atoms with Gasteiger partial charge in [-0.1, -0.05) is 20.8 Å². The first-order valence-corrected chi connectivity index (χ1v) is 7.71. The van der Waals surface area contributed by atoms with Crippen molar-refractivity contribution in [2.24, 2.45) is 5.41 Å². The number of rotatable bonds is 8. The molecule has 4 heteroatoms. The van der Waals surface area contributed by atoms with Gasteiger partial charge in [-0.05, 0) is 52.9 Å². The Hall–Kier alpha value is -0.900. The minimum Gasteiger partial charge on any atom is -0.368 e. The van der Waals surface area contributed by atoms with Crippen molar-refractivity contribution < 1.29 is 14.3 Å². The monoisotopic (exact) mass is 299 g/mol. The van der Waals surface area contributed by atoms with Crippen molar-refractivity contribution in [3.8, 4) is 0 Å². The average molecular weight is 299 g/mol. The van der Waals surface area contributed by atoms with E-state index >= 15 is 0 Å². The fourth-order valence-electron chi connectivity index (χ4n) is 1.65. The van der Waals surface area contributed by atoms with Crippen LogP contribution in [0.5, 0.6) is 0 Å². The standard InChI is InChI=1S/C17H33NO3/c1-13(19)17(7,8)21-12-11-16(5,6)18-14(20)9-10-15(2,3)4/h9-12H2,1-8H3,(H,18,20). The highest BCUT2D eigenvalue weighted by molar-refractivity contribution is 5.83. The van der Waals surface area contributed by atoms with Gasteiger partial charge in [-0.15, -0.1) is 0 Å². The average Bonchev–Trinajstić information content (AvgIpc) is 2.23. The summed E-state index contributed by atoms with van der Waals surface area (Å²) in [4.78, 5) is 23.4. The summed E-state index contributed by atoms with van der Waals surface area (Å²) >= 11 is 0. The van der Waals surface area contributed by atoms with Gasteiger partial charge in [0.1, 0.15) is 5.60 Å². The predicted octanol–water partition coefficient (Wildman–Crippen LogP) is 3.48. The lowest BCUT2D eigenvalue weighted by molar-refractivity contribution is -0.139. The van der Waals surface area contributed by atoms with Gasteiger partial charge in [0.05, 0.1) is 6.61 Å². The molecule has 0 fully saturated rings. The van der Waals surface area contributed by atoms with Crippen molar-refractivity contribution in [3.05, 3.63) is 0 Å². The van der Waals surface area contributed by atoms with Gasteiger partial charge in [0.25, 0.3) is 0 Å². The van der Waals surface area contributed by atoms with Crippen LogP contribution in [0.25, 0.3) is 0 Å². The van der Waals surface area contributed by atoms with E-state index in [1.165, 1.54) is 6.92 Å². The second-order valence-corrected chi connectivity index (χ2v) is 8.16. The van der Waals surface area contributed by atoms with Crippen LogP contribution in [-0.2, 0) is 14.3 Å². The molecule has 0 aliphatic heterocycles. The maximum atomic E-state index is 12.0. The maximum Gasteiger partial charge on any atom is 0.220 e. The van der Waals surface area contributed by atoms with Gasteiger partial charge in [-0.25, -0.2) is 0 Å². The molecule has 1 amide bonds. The molecule has 124 valence electrons. The second-order valence-electron chi connectivity index (χ2n) is 8.16. The molecule has 0 aliphatic rings. The Morgan fingerprint density at radius 3 is 1.90 bits per heavy atom. The summed E-state index contributed by atoms with van der Waals surface area (Å²) in [6, 6.07) is 0. The smallest absolute Gasteiger partial charge is 0.220 e. The van der Waals surface area contributed by atoms with Crippen molar-refractivity contribution in [2.75, 3.05) is 6.61 Å².